The van der Waals surface area contributed by atoms with Gasteiger partial charge in [-0.2, -0.15) is 0 Å². The largest absolute Gasteiger partial charge is 0.324 e. The zero-order valence-corrected chi connectivity index (χ0v) is 20.5. The van der Waals surface area contributed by atoms with Gasteiger partial charge in [0.1, 0.15) is 0 Å². The molecule has 0 aliphatic carbocycles. The average Bonchev–Trinajstić information content (AvgIpc) is 3.23. The number of aryl methyl sites for hydroxylation is 1. The summed E-state index contributed by atoms with van der Waals surface area (Å²) in [7, 11) is -3.95. The normalized spacial score (nSPS) is 11.8. The number of nitrogens with zero attached hydrogens (tertiary/aromatic N) is 3. The molecule has 0 saturated heterocycles. The number of aromatic nitrogens is 3. The molecule has 8 nitrogen and oxygen atoms in total. The number of primary sulfonamides is 1. The molecule has 3 aromatic carbocycles. The molecule has 35 heavy (non-hydrogen) atoms. The summed E-state index contributed by atoms with van der Waals surface area (Å²) in [4.78, 5) is 12.3. The monoisotopic (exact) mass is 537 g/mol. The number of hydrogen-bond acceptors (Lipinski definition) is 6. The fraction of sp³-hybridized carbons (Fsp3) is 0.136. The zero-order chi connectivity index (χ0) is 25.3. The van der Waals surface area contributed by atoms with Gasteiger partial charge in [0.2, 0.25) is 21.8 Å². The molecule has 0 radical (unpaired) electrons. The molecular formula is C22H18ClF2N5O3S2. The second-order valence-electron chi connectivity index (χ2n) is 7.45. The fourth-order valence-electron chi connectivity index (χ4n) is 3.46. The van der Waals surface area contributed by atoms with Crippen LogP contribution >= 0.6 is 23.4 Å². The van der Waals surface area contributed by atoms with Crippen molar-refractivity contribution >= 4 is 55.8 Å². The van der Waals surface area contributed by atoms with Crippen LogP contribution in [0.25, 0.3) is 16.5 Å². The van der Waals surface area contributed by atoms with E-state index in [9.17, 15) is 22.0 Å². The molecule has 1 amide bonds. The molecule has 4 rings (SSSR count). The maximum atomic E-state index is 13.8. The van der Waals surface area contributed by atoms with Crippen molar-refractivity contribution in [3.8, 4) is 5.69 Å². The lowest BCUT2D eigenvalue weighted by Crippen LogP contribution is -2.16. The highest BCUT2D eigenvalue weighted by molar-refractivity contribution is 7.99. The Balaban J connectivity index is 1.60. The molecule has 0 fully saturated rings. The van der Waals surface area contributed by atoms with Crippen LogP contribution in [0.1, 0.15) is 17.8 Å². The number of nitrogens with two attached hydrogens (primary N) is 1. The Hall–Kier alpha value is -3.06. The fourth-order valence-corrected chi connectivity index (χ4v) is 5.05. The van der Waals surface area contributed by atoms with E-state index in [1.807, 2.05) is 37.3 Å². The van der Waals surface area contributed by atoms with E-state index in [1.54, 1.807) is 6.07 Å². The Bertz CT molecular complexity index is 1540. The van der Waals surface area contributed by atoms with Gasteiger partial charge in [-0.05, 0) is 42.1 Å². The summed E-state index contributed by atoms with van der Waals surface area (Å²) in [6.07, 6.45) is -2.89. The molecule has 0 saturated carbocycles. The lowest BCUT2D eigenvalue weighted by molar-refractivity contribution is -0.113. The number of amides is 1. The Morgan fingerprint density at radius 2 is 1.86 bits per heavy atom. The number of nitrogens with one attached hydrogen (secondary N) is 1. The summed E-state index contributed by atoms with van der Waals surface area (Å²) in [6.45, 7) is 1.92. The van der Waals surface area contributed by atoms with Crippen molar-refractivity contribution in [1.82, 2.24) is 14.8 Å². The molecule has 13 heteroatoms. The quantitative estimate of drug-likeness (QED) is 0.330. The molecule has 0 unspecified atom stereocenters. The number of fused-ring (bicyclic) bond motifs is 1. The number of carbonyl (C=O) groups is 1. The first-order valence-corrected chi connectivity index (χ1v) is 12.9. The van der Waals surface area contributed by atoms with Crippen LogP contribution in [0.2, 0.25) is 5.02 Å². The van der Waals surface area contributed by atoms with Gasteiger partial charge in [0, 0.05) is 5.39 Å². The Kier molecular flexibility index (Phi) is 7.08. The van der Waals surface area contributed by atoms with Crippen molar-refractivity contribution in [3.63, 3.8) is 0 Å². The van der Waals surface area contributed by atoms with Gasteiger partial charge in [-0.25, -0.2) is 22.3 Å². The second-order valence-corrected chi connectivity index (χ2v) is 10.4. The molecule has 0 atom stereocenters. The van der Waals surface area contributed by atoms with Crippen LogP contribution in [-0.2, 0) is 14.8 Å². The molecule has 4 aromatic rings. The summed E-state index contributed by atoms with van der Waals surface area (Å²) < 4.78 is 51.7. The zero-order valence-electron chi connectivity index (χ0n) is 18.1. The predicted molar refractivity (Wildman–Crippen MR) is 131 cm³/mol. The van der Waals surface area contributed by atoms with Crippen molar-refractivity contribution in [3.05, 3.63) is 71.0 Å². The molecule has 1 aromatic heterocycles. The third-order valence-electron chi connectivity index (χ3n) is 5.09. The topological polar surface area (TPSA) is 120 Å². The van der Waals surface area contributed by atoms with Crippen molar-refractivity contribution in [2.75, 3.05) is 11.1 Å². The Morgan fingerprint density at radius 1 is 1.14 bits per heavy atom. The van der Waals surface area contributed by atoms with E-state index >= 15 is 0 Å². The number of thioether (sulfide) groups is 1. The van der Waals surface area contributed by atoms with Crippen molar-refractivity contribution < 1.29 is 22.0 Å². The highest BCUT2D eigenvalue weighted by Crippen LogP contribution is 2.33. The number of sulfonamides is 1. The van der Waals surface area contributed by atoms with Crippen LogP contribution in [0, 0.1) is 6.92 Å². The van der Waals surface area contributed by atoms with Crippen molar-refractivity contribution in [2.24, 2.45) is 5.14 Å². The minimum absolute atomic E-state index is 0.0239. The molecule has 182 valence electrons. The predicted octanol–water partition coefficient (Wildman–Crippen LogP) is 4.70. The Morgan fingerprint density at radius 3 is 2.51 bits per heavy atom. The number of carbonyl (C=O) groups excluding carboxylic acids is 1. The van der Waals surface area contributed by atoms with Gasteiger partial charge < -0.3 is 5.32 Å². The van der Waals surface area contributed by atoms with Gasteiger partial charge in [0.05, 0.1) is 27.0 Å². The third-order valence-corrected chi connectivity index (χ3v) is 7.24. The third kappa shape index (κ3) is 5.30. The van der Waals surface area contributed by atoms with Gasteiger partial charge in [-0.3, -0.25) is 9.36 Å². The van der Waals surface area contributed by atoms with Crippen LogP contribution in [0.5, 0.6) is 0 Å². The van der Waals surface area contributed by atoms with Crippen molar-refractivity contribution in [1.29, 1.82) is 0 Å². The van der Waals surface area contributed by atoms with Crippen LogP contribution in [-0.4, -0.2) is 34.8 Å². The number of anilines is 1. The van der Waals surface area contributed by atoms with Gasteiger partial charge in [0.25, 0.3) is 6.43 Å². The molecule has 0 spiro atoms. The molecule has 0 bridgehead atoms. The van der Waals surface area contributed by atoms with E-state index in [2.05, 4.69) is 15.5 Å². The van der Waals surface area contributed by atoms with Gasteiger partial charge in [-0.15, -0.1) is 10.2 Å². The minimum atomic E-state index is -3.95. The maximum Gasteiger partial charge on any atom is 0.297 e. The second kappa shape index (κ2) is 9.90. The average molecular weight is 538 g/mol. The standard InChI is InChI=1S/C22H18ClF2N5O3S2/c1-12-6-9-18(15-5-3-2-4-14(12)15)30-21(20(24)25)28-29-22(30)34-11-19(31)27-17-8-7-13(10-16(17)23)35(26,32)33/h2-10,20H,11H2,1H3,(H,27,31)(H2,26,32,33). The maximum absolute atomic E-state index is 13.8. The lowest BCUT2D eigenvalue weighted by atomic mass is 10.0. The van der Waals surface area contributed by atoms with Gasteiger partial charge in [-0.1, -0.05) is 53.7 Å². The van der Waals surface area contributed by atoms with E-state index in [0.29, 0.717) is 5.69 Å². The molecule has 0 aliphatic heterocycles. The summed E-state index contributed by atoms with van der Waals surface area (Å²) in [6, 6.07) is 14.5. The van der Waals surface area contributed by atoms with Crippen LogP contribution in [0.4, 0.5) is 14.5 Å². The summed E-state index contributed by atoms with van der Waals surface area (Å²) in [5.74, 6) is -1.25. The van der Waals surface area contributed by atoms with Gasteiger partial charge in [0.15, 0.2) is 5.16 Å². The minimum Gasteiger partial charge on any atom is -0.324 e. The first kappa shape index (κ1) is 25.0. The number of hydrogen-bond donors (Lipinski definition) is 2. The molecule has 0 aliphatic rings. The number of halogens is 3. The van der Waals surface area contributed by atoms with Crippen molar-refractivity contribution in [2.45, 2.75) is 23.4 Å². The highest BCUT2D eigenvalue weighted by atomic mass is 35.5. The molecule has 3 N–H and O–H groups in total. The Labute approximate surface area is 208 Å². The summed E-state index contributed by atoms with van der Waals surface area (Å²) >= 11 is 6.98. The van der Waals surface area contributed by atoms with E-state index in [4.69, 9.17) is 16.7 Å². The first-order chi connectivity index (χ1) is 16.6. The van der Waals surface area contributed by atoms with Crippen LogP contribution in [0.3, 0.4) is 0 Å². The molecule has 1 heterocycles. The highest BCUT2D eigenvalue weighted by Gasteiger charge is 2.24. The number of alkyl halides is 2. The van der Waals surface area contributed by atoms with E-state index < -0.39 is 28.2 Å². The number of rotatable bonds is 7. The number of benzene rings is 3. The SMILES string of the molecule is Cc1ccc(-n2c(SCC(=O)Nc3ccc(S(N)(=O)=O)cc3Cl)nnc2C(F)F)c2ccccc12. The first-order valence-electron chi connectivity index (χ1n) is 10.0. The van der Waals surface area contributed by atoms with Gasteiger partial charge >= 0.3 is 0 Å². The summed E-state index contributed by atoms with van der Waals surface area (Å²) in [5.41, 5.74) is 1.62. The van der Waals surface area contributed by atoms with Crippen LogP contribution < -0.4 is 10.5 Å². The van der Waals surface area contributed by atoms with E-state index in [0.717, 1.165) is 34.2 Å². The smallest absolute Gasteiger partial charge is 0.297 e. The van der Waals surface area contributed by atoms with E-state index in [1.165, 1.54) is 16.7 Å². The molecular weight excluding hydrogens is 520 g/mol. The lowest BCUT2D eigenvalue weighted by Gasteiger charge is -2.14. The van der Waals surface area contributed by atoms with Crippen LogP contribution in [0.15, 0.2) is 64.6 Å². The van der Waals surface area contributed by atoms with E-state index in [-0.39, 0.29) is 26.5 Å². The summed E-state index contributed by atoms with van der Waals surface area (Å²) in [5, 5.41) is 16.9.